The summed E-state index contributed by atoms with van der Waals surface area (Å²) in [4.78, 5) is 18.5. The molecule has 1 atom stereocenters. The number of nitrogen functional groups attached to an aromatic ring is 1. The number of hydrogen-bond donors (Lipinski definition) is 1. The Kier molecular flexibility index (Phi) is 4.12. The van der Waals surface area contributed by atoms with Crippen molar-refractivity contribution in [1.82, 2.24) is 24.6 Å². The molecule has 3 heterocycles. The topological polar surface area (TPSA) is 89.9 Å². The number of rotatable bonds is 3. The van der Waals surface area contributed by atoms with E-state index in [1.165, 1.54) is 5.56 Å². The summed E-state index contributed by atoms with van der Waals surface area (Å²) in [6, 6.07) is 13.6. The van der Waals surface area contributed by atoms with Gasteiger partial charge in [0.05, 0.1) is 12.6 Å². The Hall–Kier alpha value is -3.22. The lowest BCUT2D eigenvalue weighted by atomic mass is 10.1. The summed E-state index contributed by atoms with van der Waals surface area (Å²) >= 11 is 0. The van der Waals surface area contributed by atoms with Crippen molar-refractivity contribution in [3.63, 3.8) is 0 Å². The first-order chi connectivity index (χ1) is 12.6. The first-order valence-electron chi connectivity index (χ1n) is 8.59. The van der Waals surface area contributed by atoms with Crippen LogP contribution in [0.15, 0.2) is 48.7 Å². The van der Waals surface area contributed by atoms with E-state index in [1.807, 2.05) is 18.2 Å². The highest BCUT2D eigenvalue weighted by atomic mass is 16.2. The third-order valence-corrected chi connectivity index (χ3v) is 4.61. The van der Waals surface area contributed by atoms with Gasteiger partial charge in [0.2, 0.25) is 0 Å². The summed E-state index contributed by atoms with van der Waals surface area (Å²) in [7, 11) is 0. The summed E-state index contributed by atoms with van der Waals surface area (Å²) in [5, 5.41) is 8.70. The van der Waals surface area contributed by atoms with Crippen LogP contribution in [0.4, 0.5) is 5.82 Å². The molecule has 1 aromatic carbocycles. The lowest BCUT2D eigenvalue weighted by Crippen LogP contribution is -2.40. The van der Waals surface area contributed by atoms with Crippen LogP contribution >= 0.6 is 0 Å². The highest BCUT2D eigenvalue weighted by Gasteiger charge is 2.29. The zero-order valence-electron chi connectivity index (χ0n) is 14.5. The number of fused-ring (bicyclic) bond motifs is 1. The second kappa shape index (κ2) is 6.59. The second-order valence-electron chi connectivity index (χ2n) is 6.57. The zero-order chi connectivity index (χ0) is 18.1. The summed E-state index contributed by atoms with van der Waals surface area (Å²) < 4.78 is 2.15. The van der Waals surface area contributed by atoms with Gasteiger partial charge in [0.25, 0.3) is 5.91 Å². The van der Waals surface area contributed by atoms with Crippen LogP contribution in [-0.2, 0) is 13.0 Å². The molecule has 4 rings (SSSR count). The molecule has 2 aromatic heterocycles. The maximum absolute atomic E-state index is 12.8. The van der Waals surface area contributed by atoms with Crippen LogP contribution in [0, 0.1) is 0 Å². The van der Waals surface area contributed by atoms with Gasteiger partial charge in [0.1, 0.15) is 11.6 Å². The molecule has 0 radical (unpaired) electrons. The van der Waals surface area contributed by atoms with Gasteiger partial charge in [0, 0.05) is 24.7 Å². The lowest BCUT2D eigenvalue weighted by molar-refractivity contribution is 0.0679. The van der Waals surface area contributed by atoms with Crippen molar-refractivity contribution in [1.29, 1.82) is 0 Å². The Bertz CT molecular complexity index is 936. The van der Waals surface area contributed by atoms with E-state index in [0.717, 1.165) is 18.1 Å². The van der Waals surface area contributed by atoms with Crippen molar-refractivity contribution in [3.8, 4) is 0 Å². The van der Waals surface area contributed by atoms with E-state index in [-0.39, 0.29) is 11.9 Å². The van der Waals surface area contributed by atoms with E-state index in [9.17, 15) is 4.79 Å². The van der Waals surface area contributed by atoms with Gasteiger partial charge >= 0.3 is 0 Å². The van der Waals surface area contributed by atoms with Crippen molar-refractivity contribution in [2.75, 3.05) is 12.3 Å². The molecular weight excluding hydrogens is 328 g/mol. The van der Waals surface area contributed by atoms with Crippen LogP contribution in [0.1, 0.15) is 40.5 Å². The van der Waals surface area contributed by atoms with Crippen molar-refractivity contribution >= 4 is 11.7 Å². The van der Waals surface area contributed by atoms with Gasteiger partial charge in [-0.3, -0.25) is 4.79 Å². The molecule has 0 spiro atoms. The molecule has 0 aliphatic carbocycles. The molecule has 0 fully saturated rings. The van der Waals surface area contributed by atoms with E-state index >= 15 is 0 Å². The van der Waals surface area contributed by atoms with Crippen LogP contribution in [0.2, 0.25) is 0 Å². The van der Waals surface area contributed by atoms with Crippen molar-refractivity contribution in [3.05, 3.63) is 71.4 Å². The summed E-state index contributed by atoms with van der Waals surface area (Å²) in [5.74, 6) is 2.02. The standard InChI is InChI=1S/C19H20N6O/c1-13-11-24(19(26)15-7-8-21-16(20)10-15)12-18-23-22-17(25(13)18)9-14-5-3-2-4-6-14/h2-8,10,13H,9,11-12H2,1H3,(H2,20,21)/t13-/m0/s1. The van der Waals surface area contributed by atoms with Gasteiger partial charge in [-0.1, -0.05) is 30.3 Å². The quantitative estimate of drug-likeness (QED) is 0.782. The highest BCUT2D eigenvalue weighted by molar-refractivity contribution is 5.94. The smallest absolute Gasteiger partial charge is 0.254 e. The van der Waals surface area contributed by atoms with Gasteiger partial charge in [-0.15, -0.1) is 10.2 Å². The van der Waals surface area contributed by atoms with Crippen molar-refractivity contribution in [2.45, 2.75) is 25.9 Å². The predicted octanol–water partition coefficient (Wildman–Crippen LogP) is 2.06. The van der Waals surface area contributed by atoms with Gasteiger partial charge < -0.3 is 15.2 Å². The minimum absolute atomic E-state index is 0.0650. The molecule has 1 aliphatic rings. The van der Waals surface area contributed by atoms with Crippen molar-refractivity contribution < 1.29 is 4.79 Å². The SMILES string of the molecule is C[C@H]1CN(C(=O)c2ccnc(N)c2)Cc2nnc(Cc3ccccc3)n21. The molecule has 0 saturated heterocycles. The fraction of sp³-hybridized carbons (Fsp3) is 0.263. The Morgan fingerprint density at radius 3 is 2.81 bits per heavy atom. The molecule has 132 valence electrons. The minimum Gasteiger partial charge on any atom is -0.384 e. The normalized spacial score (nSPS) is 16.3. The molecule has 7 heteroatoms. The molecule has 0 unspecified atom stereocenters. The number of benzene rings is 1. The number of carbonyl (C=O) groups is 1. The van der Waals surface area contributed by atoms with Gasteiger partial charge in [0.15, 0.2) is 5.82 Å². The number of hydrogen-bond acceptors (Lipinski definition) is 5. The average Bonchev–Trinajstić information content (AvgIpc) is 3.05. The molecule has 3 aromatic rings. The molecule has 26 heavy (non-hydrogen) atoms. The number of nitrogens with zero attached hydrogens (tertiary/aromatic N) is 5. The number of nitrogens with two attached hydrogens (primary N) is 1. The van der Waals surface area contributed by atoms with E-state index in [1.54, 1.807) is 23.2 Å². The van der Waals surface area contributed by atoms with E-state index in [0.29, 0.717) is 24.5 Å². The Morgan fingerprint density at radius 2 is 2.04 bits per heavy atom. The average molecular weight is 348 g/mol. The highest BCUT2D eigenvalue weighted by Crippen LogP contribution is 2.24. The van der Waals surface area contributed by atoms with E-state index in [2.05, 4.69) is 38.8 Å². The first-order valence-corrected chi connectivity index (χ1v) is 8.59. The number of pyridine rings is 1. The molecule has 0 bridgehead atoms. The third-order valence-electron chi connectivity index (χ3n) is 4.61. The number of amides is 1. The Balaban J connectivity index is 1.57. The fourth-order valence-corrected chi connectivity index (χ4v) is 3.43. The number of carbonyl (C=O) groups excluding carboxylic acids is 1. The van der Waals surface area contributed by atoms with E-state index < -0.39 is 0 Å². The molecule has 2 N–H and O–H groups in total. The lowest BCUT2D eigenvalue weighted by Gasteiger charge is -2.32. The number of anilines is 1. The molecular formula is C19H20N6O. The molecule has 7 nitrogen and oxygen atoms in total. The predicted molar refractivity (Wildman–Crippen MR) is 97.4 cm³/mol. The molecule has 0 saturated carbocycles. The molecule has 1 aliphatic heterocycles. The van der Waals surface area contributed by atoms with Gasteiger partial charge in [-0.25, -0.2) is 4.98 Å². The Labute approximate surface area is 151 Å². The summed E-state index contributed by atoms with van der Waals surface area (Å²) in [5.41, 5.74) is 7.44. The molecule has 1 amide bonds. The summed E-state index contributed by atoms with van der Waals surface area (Å²) in [6.45, 7) is 3.13. The maximum Gasteiger partial charge on any atom is 0.254 e. The number of aromatic nitrogens is 4. The monoisotopic (exact) mass is 348 g/mol. The van der Waals surface area contributed by atoms with Crippen LogP contribution < -0.4 is 5.73 Å². The van der Waals surface area contributed by atoms with Crippen LogP contribution in [0.3, 0.4) is 0 Å². The second-order valence-corrected chi connectivity index (χ2v) is 6.57. The van der Waals surface area contributed by atoms with Crippen LogP contribution in [-0.4, -0.2) is 37.1 Å². The first kappa shape index (κ1) is 16.3. The zero-order valence-corrected chi connectivity index (χ0v) is 14.5. The van der Waals surface area contributed by atoms with Crippen molar-refractivity contribution in [2.24, 2.45) is 0 Å². The van der Waals surface area contributed by atoms with E-state index in [4.69, 9.17) is 5.73 Å². The largest absolute Gasteiger partial charge is 0.384 e. The Morgan fingerprint density at radius 1 is 1.23 bits per heavy atom. The van der Waals surface area contributed by atoms with Crippen LogP contribution in [0.25, 0.3) is 0 Å². The third kappa shape index (κ3) is 3.03. The van der Waals surface area contributed by atoms with Crippen LogP contribution in [0.5, 0.6) is 0 Å². The minimum atomic E-state index is -0.0650. The summed E-state index contributed by atoms with van der Waals surface area (Å²) in [6.07, 6.45) is 2.28. The fourth-order valence-electron chi connectivity index (χ4n) is 3.43. The van der Waals surface area contributed by atoms with Gasteiger partial charge in [-0.2, -0.15) is 0 Å². The maximum atomic E-state index is 12.8. The van der Waals surface area contributed by atoms with Gasteiger partial charge in [-0.05, 0) is 24.6 Å².